The highest BCUT2D eigenvalue weighted by molar-refractivity contribution is 5.68. The van der Waals surface area contributed by atoms with Crippen molar-refractivity contribution >= 4 is 6.09 Å². The number of amides is 1. The van der Waals surface area contributed by atoms with E-state index >= 15 is 0 Å². The van der Waals surface area contributed by atoms with Crippen molar-refractivity contribution in [1.82, 2.24) is 9.80 Å². The van der Waals surface area contributed by atoms with Crippen LogP contribution >= 0.6 is 0 Å². The fourth-order valence-electron chi connectivity index (χ4n) is 2.66. The maximum atomic E-state index is 12.1. The number of likely N-dealkylation sites (tertiary alicyclic amines) is 1. The van der Waals surface area contributed by atoms with Crippen LogP contribution in [-0.4, -0.2) is 53.2 Å². The quantitative estimate of drug-likeness (QED) is 0.761. The van der Waals surface area contributed by atoms with Gasteiger partial charge in [0, 0.05) is 25.7 Å². The van der Waals surface area contributed by atoms with Gasteiger partial charge in [-0.1, -0.05) is 0 Å². The Kier molecular flexibility index (Phi) is 4.65. The average Bonchev–Trinajstić information content (AvgIpc) is 2.56. The lowest BCUT2D eigenvalue weighted by Crippen LogP contribution is -2.47. The van der Waals surface area contributed by atoms with E-state index in [1.807, 2.05) is 27.8 Å². The van der Waals surface area contributed by atoms with E-state index in [-0.39, 0.29) is 12.1 Å². The number of carbonyl (C=O) groups excluding carboxylic acids is 1. The molecule has 4 nitrogen and oxygen atoms in total. The molecule has 0 N–H and O–H groups in total. The third-order valence-corrected chi connectivity index (χ3v) is 3.61. The summed E-state index contributed by atoms with van der Waals surface area (Å²) in [6, 6.07) is 1.17. The third kappa shape index (κ3) is 3.61. The molecule has 1 heterocycles. The summed E-state index contributed by atoms with van der Waals surface area (Å²) in [5.41, 5.74) is -0.426. The molecule has 0 bridgehead atoms. The summed E-state index contributed by atoms with van der Waals surface area (Å²) in [5, 5.41) is 0. The maximum Gasteiger partial charge on any atom is 0.410 e. The Bertz CT molecular complexity index is 297. The van der Waals surface area contributed by atoms with Crippen LogP contribution in [0.3, 0.4) is 0 Å². The van der Waals surface area contributed by atoms with Crippen molar-refractivity contribution in [1.29, 1.82) is 0 Å². The first kappa shape index (κ1) is 15.3. The summed E-state index contributed by atoms with van der Waals surface area (Å²) >= 11 is 0. The molecule has 0 aromatic heterocycles. The number of nitrogens with zero attached hydrogens (tertiary/aromatic N) is 2. The van der Waals surface area contributed by atoms with E-state index in [9.17, 15) is 4.79 Å². The number of carbonyl (C=O) groups is 1. The molecule has 0 saturated carbocycles. The van der Waals surface area contributed by atoms with E-state index < -0.39 is 5.60 Å². The zero-order valence-electron chi connectivity index (χ0n) is 12.9. The number of hydrogen-bond donors (Lipinski definition) is 0. The Hall–Kier alpha value is -0.770. The standard InChI is InChI=1S/C14H28N2O2/c1-10(2)16-9-8-12(11(16)3)15(7)13(17)18-14(4,5)6/h10-12H,8-9H2,1-7H3. The molecule has 0 aromatic carbocycles. The molecule has 1 fully saturated rings. The summed E-state index contributed by atoms with van der Waals surface area (Å²) in [6.07, 6.45) is 0.805. The first-order valence-electron chi connectivity index (χ1n) is 6.85. The average molecular weight is 256 g/mol. The van der Waals surface area contributed by atoms with Gasteiger partial charge in [0.15, 0.2) is 0 Å². The molecule has 2 unspecified atom stereocenters. The predicted molar refractivity (Wildman–Crippen MR) is 73.7 cm³/mol. The van der Waals surface area contributed by atoms with E-state index in [0.29, 0.717) is 12.1 Å². The van der Waals surface area contributed by atoms with Gasteiger partial charge in [0.2, 0.25) is 0 Å². The smallest absolute Gasteiger partial charge is 0.410 e. The van der Waals surface area contributed by atoms with Gasteiger partial charge >= 0.3 is 6.09 Å². The van der Waals surface area contributed by atoms with E-state index in [0.717, 1.165) is 13.0 Å². The van der Waals surface area contributed by atoms with Gasteiger partial charge in [-0.25, -0.2) is 4.79 Å². The Morgan fingerprint density at radius 1 is 1.39 bits per heavy atom. The highest BCUT2D eigenvalue weighted by Gasteiger charge is 2.37. The van der Waals surface area contributed by atoms with Crippen molar-refractivity contribution in [3.8, 4) is 0 Å². The molecule has 0 aromatic rings. The Morgan fingerprint density at radius 2 is 1.94 bits per heavy atom. The second-order valence-electron chi connectivity index (χ2n) is 6.52. The SMILES string of the molecule is CC(C)N1CCC(N(C)C(=O)OC(C)(C)C)C1C. The molecule has 1 aliphatic heterocycles. The van der Waals surface area contributed by atoms with Crippen molar-refractivity contribution in [2.75, 3.05) is 13.6 Å². The van der Waals surface area contributed by atoms with Crippen LogP contribution in [0.4, 0.5) is 4.79 Å². The van der Waals surface area contributed by atoms with Crippen LogP contribution < -0.4 is 0 Å². The number of likely N-dealkylation sites (N-methyl/N-ethyl adjacent to an activating group) is 1. The minimum absolute atomic E-state index is 0.218. The van der Waals surface area contributed by atoms with Gasteiger partial charge in [0.25, 0.3) is 0 Å². The van der Waals surface area contributed by atoms with Gasteiger partial charge in [0.05, 0.1) is 6.04 Å². The number of ether oxygens (including phenoxy) is 1. The van der Waals surface area contributed by atoms with Crippen LogP contribution in [0.1, 0.15) is 48.0 Å². The molecule has 1 rings (SSSR count). The van der Waals surface area contributed by atoms with Crippen LogP contribution in [0.2, 0.25) is 0 Å². The first-order chi connectivity index (χ1) is 8.13. The van der Waals surface area contributed by atoms with Crippen molar-refractivity contribution in [2.24, 2.45) is 0 Å². The van der Waals surface area contributed by atoms with Crippen LogP contribution in [0, 0.1) is 0 Å². The highest BCUT2D eigenvalue weighted by Crippen LogP contribution is 2.25. The minimum Gasteiger partial charge on any atom is -0.444 e. The van der Waals surface area contributed by atoms with Crippen LogP contribution in [0.15, 0.2) is 0 Å². The summed E-state index contributed by atoms with van der Waals surface area (Å²) in [7, 11) is 1.85. The van der Waals surface area contributed by atoms with Gasteiger partial charge < -0.3 is 9.64 Å². The summed E-state index contributed by atoms with van der Waals surface area (Å²) in [4.78, 5) is 16.3. The lowest BCUT2D eigenvalue weighted by atomic mass is 10.1. The lowest BCUT2D eigenvalue weighted by Gasteiger charge is -2.33. The molecule has 0 spiro atoms. The van der Waals surface area contributed by atoms with Gasteiger partial charge in [-0.05, 0) is 48.0 Å². The first-order valence-corrected chi connectivity index (χ1v) is 6.85. The summed E-state index contributed by atoms with van der Waals surface area (Å²) in [5.74, 6) is 0. The molecular weight excluding hydrogens is 228 g/mol. The van der Waals surface area contributed by atoms with Gasteiger partial charge in [-0.3, -0.25) is 4.90 Å². The van der Waals surface area contributed by atoms with Crippen molar-refractivity contribution in [2.45, 2.75) is 71.7 Å². The molecule has 0 radical (unpaired) electrons. The molecule has 1 aliphatic rings. The molecule has 1 amide bonds. The van der Waals surface area contributed by atoms with Crippen molar-refractivity contribution < 1.29 is 9.53 Å². The predicted octanol–water partition coefficient (Wildman–Crippen LogP) is 2.72. The molecule has 106 valence electrons. The summed E-state index contributed by atoms with van der Waals surface area (Å²) < 4.78 is 5.42. The number of rotatable bonds is 2. The molecule has 4 heteroatoms. The van der Waals surface area contributed by atoms with Crippen LogP contribution in [-0.2, 0) is 4.74 Å². The van der Waals surface area contributed by atoms with E-state index in [2.05, 4.69) is 25.7 Å². The van der Waals surface area contributed by atoms with Gasteiger partial charge in [-0.2, -0.15) is 0 Å². The molecule has 1 saturated heterocycles. The monoisotopic (exact) mass is 256 g/mol. The number of hydrogen-bond acceptors (Lipinski definition) is 3. The van der Waals surface area contributed by atoms with Crippen LogP contribution in [0.5, 0.6) is 0 Å². The normalized spacial score (nSPS) is 25.6. The van der Waals surface area contributed by atoms with E-state index in [1.165, 1.54) is 0 Å². The Labute approximate surface area is 111 Å². The topological polar surface area (TPSA) is 32.8 Å². The third-order valence-electron chi connectivity index (χ3n) is 3.61. The Balaban J connectivity index is 2.63. The zero-order chi connectivity index (χ0) is 14.1. The minimum atomic E-state index is -0.426. The van der Waals surface area contributed by atoms with Gasteiger partial charge in [0.1, 0.15) is 5.60 Å². The Morgan fingerprint density at radius 3 is 2.33 bits per heavy atom. The van der Waals surface area contributed by atoms with E-state index in [1.54, 1.807) is 4.90 Å². The fourth-order valence-corrected chi connectivity index (χ4v) is 2.66. The van der Waals surface area contributed by atoms with E-state index in [4.69, 9.17) is 4.74 Å². The maximum absolute atomic E-state index is 12.1. The zero-order valence-corrected chi connectivity index (χ0v) is 12.9. The lowest BCUT2D eigenvalue weighted by molar-refractivity contribution is 0.0187. The highest BCUT2D eigenvalue weighted by atomic mass is 16.6. The van der Waals surface area contributed by atoms with Gasteiger partial charge in [-0.15, -0.1) is 0 Å². The fraction of sp³-hybridized carbons (Fsp3) is 0.929. The van der Waals surface area contributed by atoms with Crippen molar-refractivity contribution in [3.05, 3.63) is 0 Å². The molecule has 18 heavy (non-hydrogen) atoms. The molecule has 0 aliphatic carbocycles. The largest absolute Gasteiger partial charge is 0.444 e. The van der Waals surface area contributed by atoms with Crippen molar-refractivity contribution in [3.63, 3.8) is 0 Å². The second-order valence-corrected chi connectivity index (χ2v) is 6.52. The summed E-state index contributed by atoms with van der Waals surface area (Å²) in [6.45, 7) is 13.3. The second kappa shape index (κ2) is 5.47. The molecule has 2 atom stereocenters. The molecular formula is C14H28N2O2. The van der Waals surface area contributed by atoms with Crippen LogP contribution in [0.25, 0.3) is 0 Å².